The van der Waals surface area contributed by atoms with E-state index in [0.29, 0.717) is 6.54 Å². The minimum absolute atomic E-state index is 0.119. The summed E-state index contributed by atoms with van der Waals surface area (Å²) in [4.78, 5) is 23.8. The monoisotopic (exact) mass is 222 g/mol. The Morgan fingerprint density at radius 2 is 2.00 bits per heavy atom. The fourth-order valence-electron chi connectivity index (χ4n) is 1.33. The average Bonchev–Trinajstić information content (AvgIpc) is 2.25. The summed E-state index contributed by atoms with van der Waals surface area (Å²) in [6.45, 7) is 0.588. The molecule has 0 N–H and O–H groups in total. The molecule has 1 aromatic rings. The van der Waals surface area contributed by atoms with E-state index in [2.05, 4.69) is 0 Å². The molecule has 16 heavy (non-hydrogen) atoms. The molecular weight excluding hydrogens is 208 g/mol. The number of nitrogens with zero attached hydrogens (tertiary/aromatic N) is 2. The van der Waals surface area contributed by atoms with Crippen LogP contribution in [-0.4, -0.2) is 36.2 Å². The number of hydrogen-bond acceptors (Lipinski definition) is 4. The van der Waals surface area contributed by atoms with Gasteiger partial charge in [-0.1, -0.05) is 12.1 Å². The molecule has 0 unspecified atom stereocenters. The Labute approximate surface area is 93.8 Å². The van der Waals surface area contributed by atoms with Crippen molar-refractivity contribution in [3.8, 4) is 0 Å². The van der Waals surface area contributed by atoms with Crippen molar-refractivity contribution >= 4 is 11.5 Å². The summed E-state index contributed by atoms with van der Waals surface area (Å²) in [6, 6.07) is 6.04. The van der Waals surface area contributed by atoms with E-state index in [4.69, 9.17) is 0 Å². The maximum atomic E-state index is 11.7. The van der Waals surface area contributed by atoms with E-state index >= 15 is 0 Å². The zero-order valence-corrected chi connectivity index (χ0v) is 9.34. The third kappa shape index (κ3) is 3.13. The molecule has 1 aromatic carbocycles. The van der Waals surface area contributed by atoms with Crippen molar-refractivity contribution in [2.24, 2.45) is 0 Å². The number of Topliss-reactive ketones (excluding diaryl/α,β-unsaturated/α-hetero) is 1. The quantitative estimate of drug-likeness (QED) is 0.432. The molecule has 5 nitrogen and oxygen atoms in total. The second-order valence-corrected chi connectivity index (χ2v) is 3.75. The zero-order valence-electron chi connectivity index (χ0n) is 9.34. The van der Waals surface area contributed by atoms with Gasteiger partial charge in [-0.25, -0.2) is 0 Å². The van der Waals surface area contributed by atoms with Gasteiger partial charge < -0.3 is 4.90 Å². The predicted molar refractivity (Wildman–Crippen MR) is 60.6 cm³/mol. The maximum Gasteiger partial charge on any atom is 0.280 e. The SMILES string of the molecule is CN(C)CCC(=O)c1ccccc1[N+](=O)[O-]. The molecule has 0 bridgehead atoms. The zero-order chi connectivity index (χ0) is 12.1. The highest BCUT2D eigenvalue weighted by molar-refractivity contribution is 5.99. The van der Waals surface area contributed by atoms with Crippen molar-refractivity contribution in [1.82, 2.24) is 4.90 Å². The number of carbonyl (C=O) groups is 1. The lowest BCUT2D eigenvalue weighted by Gasteiger charge is -2.08. The van der Waals surface area contributed by atoms with Gasteiger partial charge in [0.15, 0.2) is 5.78 Å². The first-order valence-electron chi connectivity index (χ1n) is 4.93. The van der Waals surface area contributed by atoms with E-state index in [1.165, 1.54) is 12.1 Å². The third-order valence-corrected chi connectivity index (χ3v) is 2.19. The fraction of sp³-hybridized carbons (Fsp3) is 0.364. The Balaban J connectivity index is 2.86. The molecule has 1 rings (SSSR count). The van der Waals surface area contributed by atoms with E-state index in [0.717, 1.165) is 0 Å². The Hall–Kier alpha value is -1.75. The number of nitro groups is 1. The van der Waals surface area contributed by atoms with Crippen molar-refractivity contribution in [2.75, 3.05) is 20.6 Å². The molecule has 0 aliphatic rings. The average molecular weight is 222 g/mol. The maximum absolute atomic E-state index is 11.7. The number of rotatable bonds is 5. The van der Waals surface area contributed by atoms with Gasteiger partial charge in [0.25, 0.3) is 5.69 Å². The molecule has 0 heterocycles. The van der Waals surface area contributed by atoms with E-state index in [-0.39, 0.29) is 23.5 Å². The molecule has 0 fully saturated rings. The Bertz CT molecular complexity index is 402. The molecule has 0 aromatic heterocycles. The van der Waals surface area contributed by atoms with Crippen LogP contribution in [0.25, 0.3) is 0 Å². The minimum Gasteiger partial charge on any atom is -0.309 e. The van der Waals surface area contributed by atoms with E-state index < -0.39 is 4.92 Å². The number of nitro benzene ring substituents is 1. The van der Waals surface area contributed by atoms with Gasteiger partial charge >= 0.3 is 0 Å². The number of ketones is 1. The largest absolute Gasteiger partial charge is 0.309 e. The Morgan fingerprint density at radius 1 is 1.38 bits per heavy atom. The first-order chi connectivity index (χ1) is 7.52. The standard InChI is InChI=1S/C11H14N2O3/c1-12(2)8-7-11(14)9-5-3-4-6-10(9)13(15)16/h3-6H,7-8H2,1-2H3. The van der Waals surface area contributed by atoms with E-state index in [9.17, 15) is 14.9 Å². The van der Waals surface area contributed by atoms with E-state index in [1.54, 1.807) is 12.1 Å². The van der Waals surface area contributed by atoms with Crippen LogP contribution in [0.3, 0.4) is 0 Å². The summed E-state index contributed by atoms with van der Waals surface area (Å²) in [6.07, 6.45) is 0.290. The molecule has 5 heteroatoms. The highest BCUT2D eigenvalue weighted by Gasteiger charge is 2.18. The van der Waals surface area contributed by atoms with Gasteiger partial charge in [0, 0.05) is 19.0 Å². The molecule has 0 spiro atoms. The van der Waals surface area contributed by atoms with Crippen LogP contribution in [0.2, 0.25) is 0 Å². The van der Waals surface area contributed by atoms with Crippen LogP contribution in [0.5, 0.6) is 0 Å². The molecule has 0 saturated heterocycles. The molecular formula is C11H14N2O3. The van der Waals surface area contributed by atoms with Crippen molar-refractivity contribution < 1.29 is 9.72 Å². The first-order valence-corrected chi connectivity index (χ1v) is 4.93. The highest BCUT2D eigenvalue weighted by Crippen LogP contribution is 2.19. The molecule has 0 atom stereocenters. The smallest absolute Gasteiger partial charge is 0.280 e. The first kappa shape index (κ1) is 12.3. The number of hydrogen-bond donors (Lipinski definition) is 0. The van der Waals surface area contributed by atoms with Crippen LogP contribution < -0.4 is 0 Å². The lowest BCUT2D eigenvalue weighted by atomic mass is 10.1. The van der Waals surface area contributed by atoms with Crippen molar-refractivity contribution in [2.45, 2.75) is 6.42 Å². The predicted octanol–water partition coefficient (Wildman–Crippen LogP) is 1.73. The van der Waals surface area contributed by atoms with Gasteiger partial charge in [-0.15, -0.1) is 0 Å². The molecule has 0 radical (unpaired) electrons. The van der Waals surface area contributed by atoms with Crippen LogP contribution in [0.15, 0.2) is 24.3 Å². The fourth-order valence-corrected chi connectivity index (χ4v) is 1.33. The van der Waals surface area contributed by atoms with Crippen LogP contribution in [0, 0.1) is 10.1 Å². The summed E-state index contributed by atoms with van der Waals surface area (Å²) in [5.74, 6) is -0.194. The summed E-state index contributed by atoms with van der Waals surface area (Å²) in [7, 11) is 3.71. The van der Waals surface area contributed by atoms with Crippen LogP contribution in [-0.2, 0) is 0 Å². The van der Waals surface area contributed by atoms with Crippen LogP contribution >= 0.6 is 0 Å². The summed E-state index contributed by atoms with van der Waals surface area (Å²) >= 11 is 0. The second kappa shape index (κ2) is 5.37. The van der Waals surface area contributed by atoms with Crippen molar-refractivity contribution in [1.29, 1.82) is 0 Å². The normalized spacial score (nSPS) is 10.4. The third-order valence-electron chi connectivity index (χ3n) is 2.19. The molecule has 0 saturated carbocycles. The number of carbonyl (C=O) groups excluding carboxylic acids is 1. The lowest BCUT2D eigenvalue weighted by molar-refractivity contribution is -0.385. The van der Waals surface area contributed by atoms with Gasteiger partial charge in [-0.05, 0) is 20.2 Å². The highest BCUT2D eigenvalue weighted by atomic mass is 16.6. The van der Waals surface area contributed by atoms with Crippen molar-refractivity contribution in [3.05, 3.63) is 39.9 Å². The summed E-state index contributed by atoms with van der Waals surface area (Å²) in [5.41, 5.74) is 0.0700. The van der Waals surface area contributed by atoms with E-state index in [1.807, 2.05) is 19.0 Å². The van der Waals surface area contributed by atoms with Crippen LogP contribution in [0.1, 0.15) is 16.8 Å². The summed E-state index contributed by atoms with van der Waals surface area (Å²) < 4.78 is 0. The molecule has 0 aliphatic heterocycles. The van der Waals surface area contributed by atoms with Gasteiger partial charge in [0.05, 0.1) is 10.5 Å². The van der Waals surface area contributed by atoms with Gasteiger partial charge in [-0.3, -0.25) is 14.9 Å². The molecule has 0 amide bonds. The Morgan fingerprint density at radius 3 is 2.56 bits per heavy atom. The summed E-state index contributed by atoms with van der Waals surface area (Å²) in [5, 5.41) is 10.7. The van der Waals surface area contributed by atoms with Gasteiger partial charge in [0.1, 0.15) is 0 Å². The Kier molecular flexibility index (Phi) is 4.13. The van der Waals surface area contributed by atoms with Crippen LogP contribution in [0.4, 0.5) is 5.69 Å². The van der Waals surface area contributed by atoms with Gasteiger partial charge in [0.2, 0.25) is 0 Å². The number of para-hydroxylation sites is 1. The lowest BCUT2D eigenvalue weighted by Crippen LogP contribution is -2.17. The van der Waals surface area contributed by atoms with Gasteiger partial charge in [-0.2, -0.15) is 0 Å². The molecule has 86 valence electrons. The number of benzene rings is 1. The van der Waals surface area contributed by atoms with Crippen molar-refractivity contribution in [3.63, 3.8) is 0 Å². The minimum atomic E-state index is -0.525. The molecule has 0 aliphatic carbocycles. The second-order valence-electron chi connectivity index (χ2n) is 3.75. The topological polar surface area (TPSA) is 63.5 Å².